The molecule has 13 heteroatoms. The molecular formula is C37H43BrF3N3O6. The second-order valence-electron chi connectivity index (χ2n) is 11.9. The molecular weight excluding hydrogens is 719 g/mol. The molecule has 2 N–H and O–H groups in total. The number of hydrogen-bond acceptors (Lipinski definition) is 6. The fraction of sp³-hybridized carbons (Fsp3) is 0.405. The lowest BCUT2D eigenvalue weighted by molar-refractivity contribution is -0.192. The van der Waals surface area contributed by atoms with Crippen molar-refractivity contribution in [2.75, 3.05) is 39.8 Å². The summed E-state index contributed by atoms with van der Waals surface area (Å²) in [5.41, 5.74) is 4.59. The summed E-state index contributed by atoms with van der Waals surface area (Å²) in [7, 11) is 1.40. The van der Waals surface area contributed by atoms with E-state index < -0.39 is 12.1 Å². The van der Waals surface area contributed by atoms with Crippen molar-refractivity contribution in [3.8, 4) is 11.1 Å². The number of carboxylic acid groups (broad SMARTS) is 1. The average Bonchev–Trinajstić information content (AvgIpc) is 3.61. The number of aliphatic carboxylic acids is 1. The summed E-state index contributed by atoms with van der Waals surface area (Å²) >= 11 is 3.50. The number of hydrogen-bond donors (Lipinski definition) is 2. The van der Waals surface area contributed by atoms with Crippen LogP contribution >= 0.6 is 15.9 Å². The predicted molar refractivity (Wildman–Crippen MR) is 187 cm³/mol. The number of carbonyl (C=O) groups is 4. The Bertz CT molecular complexity index is 1580. The Hall–Kier alpha value is -4.23. The van der Waals surface area contributed by atoms with Gasteiger partial charge < -0.3 is 25.0 Å². The minimum absolute atomic E-state index is 0.0593. The van der Waals surface area contributed by atoms with Gasteiger partial charge in [0.2, 0.25) is 5.91 Å². The molecule has 2 amide bonds. The third-order valence-corrected chi connectivity index (χ3v) is 8.54. The summed E-state index contributed by atoms with van der Waals surface area (Å²) in [6.07, 6.45) is 0.471. The minimum Gasteiger partial charge on any atom is -0.475 e. The quantitative estimate of drug-likeness (QED) is 0.128. The number of unbranched alkanes of at least 4 members (excludes halogenated alkanes) is 2. The first kappa shape index (κ1) is 40.2. The Kier molecular flexibility index (Phi) is 16.4. The van der Waals surface area contributed by atoms with Gasteiger partial charge in [0.1, 0.15) is 0 Å². The molecule has 50 heavy (non-hydrogen) atoms. The number of nitrogens with one attached hydrogen (secondary N) is 1. The van der Waals surface area contributed by atoms with Gasteiger partial charge in [0.05, 0.1) is 13.5 Å². The predicted octanol–water partition coefficient (Wildman–Crippen LogP) is 6.88. The highest BCUT2D eigenvalue weighted by Gasteiger charge is 2.38. The molecule has 0 spiro atoms. The summed E-state index contributed by atoms with van der Waals surface area (Å²) < 4.78 is 37.4. The third kappa shape index (κ3) is 14.3. The molecule has 9 nitrogen and oxygen atoms in total. The fourth-order valence-electron chi connectivity index (χ4n) is 5.42. The van der Waals surface area contributed by atoms with Crippen LogP contribution in [0.25, 0.3) is 11.1 Å². The van der Waals surface area contributed by atoms with E-state index in [0.717, 1.165) is 65.6 Å². The van der Waals surface area contributed by atoms with Crippen LogP contribution in [0, 0.1) is 0 Å². The van der Waals surface area contributed by atoms with Gasteiger partial charge in [0, 0.05) is 42.6 Å². The maximum atomic E-state index is 13.5. The van der Waals surface area contributed by atoms with Crippen LogP contribution in [0.5, 0.6) is 0 Å². The van der Waals surface area contributed by atoms with Crippen molar-refractivity contribution >= 4 is 39.7 Å². The summed E-state index contributed by atoms with van der Waals surface area (Å²) in [4.78, 5) is 51.0. The van der Waals surface area contributed by atoms with E-state index in [1.165, 1.54) is 20.0 Å². The molecule has 270 valence electrons. The number of nitrogens with zero attached hydrogens (tertiary/aromatic N) is 2. The number of alkyl halides is 3. The SMILES string of the molecule is COC(=O)CCCCCN(Cc1cccc(-c2cccc(C(=O)NCCN3CCCC3)c2)c1)C(=O)Cc1cccc(Br)c1.O=C(O)C(F)(F)F. The van der Waals surface area contributed by atoms with Crippen molar-refractivity contribution in [1.29, 1.82) is 0 Å². The molecule has 0 unspecified atom stereocenters. The number of carboxylic acids is 1. The second kappa shape index (κ2) is 20.4. The summed E-state index contributed by atoms with van der Waals surface area (Å²) in [6, 6.07) is 23.7. The molecule has 0 saturated carbocycles. The lowest BCUT2D eigenvalue weighted by Crippen LogP contribution is -2.33. The van der Waals surface area contributed by atoms with Crippen molar-refractivity contribution in [3.63, 3.8) is 0 Å². The van der Waals surface area contributed by atoms with E-state index in [4.69, 9.17) is 14.6 Å². The van der Waals surface area contributed by atoms with E-state index in [9.17, 15) is 27.6 Å². The van der Waals surface area contributed by atoms with Crippen molar-refractivity contribution < 1.29 is 42.2 Å². The number of amides is 2. The van der Waals surface area contributed by atoms with Gasteiger partial charge in [-0.05, 0) is 91.4 Å². The van der Waals surface area contributed by atoms with Crippen molar-refractivity contribution in [2.24, 2.45) is 0 Å². The Labute approximate surface area is 298 Å². The van der Waals surface area contributed by atoms with Gasteiger partial charge in [-0.1, -0.05) is 64.8 Å². The number of esters is 1. The highest BCUT2D eigenvalue weighted by atomic mass is 79.9. The minimum atomic E-state index is -5.08. The Balaban J connectivity index is 0.000000872. The Morgan fingerprint density at radius 3 is 2.20 bits per heavy atom. The van der Waals surface area contributed by atoms with Gasteiger partial charge in [-0.3, -0.25) is 14.4 Å². The van der Waals surface area contributed by atoms with E-state index in [1.807, 2.05) is 71.6 Å². The zero-order valence-corrected chi connectivity index (χ0v) is 29.6. The number of benzene rings is 3. The van der Waals surface area contributed by atoms with Gasteiger partial charge in [-0.15, -0.1) is 0 Å². The number of likely N-dealkylation sites (tertiary alicyclic amines) is 1. The Morgan fingerprint density at radius 1 is 0.900 bits per heavy atom. The molecule has 1 aliphatic rings. The smallest absolute Gasteiger partial charge is 0.475 e. The van der Waals surface area contributed by atoms with E-state index >= 15 is 0 Å². The normalized spacial score (nSPS) is 12.8. The van der Waals surface area contributed by atoms with Crippen LogP contribution in [0.15, 0.2) is 77.3 Å². The lowest BCUT2D eigenvalue weighted by Gasteiger charge is -2.23. The Morgan fingerprint density at radius 2 is 1.54 bits per heavy atom. The lowest BCUT2D eigenvalue weighted by atomic mass is 10.0. The molecule has 1 heterocycles. The van der Waals surface area contributed by atoms with Crippen LogP contribution in [0.1, 0.15) is 60.0 Å². The van der Waals surface area contributed by atoms with E-state index in [1.54, 1.807) is 0 Å². The van der Waals surface area contributed by atoms with Gasteiger partial charge in [0.15, 0.2) is 0 Å². The molecule has 0 radical (unpaired) electrons. The molecule has 0 bridgehead atoms. The highest BCUT2D eigenvalue weighted by molar-refractivity contribution is 9.10. The summed E-state index contributed by atoms with van der Waals surface area (Å²) in [5.74, 6) is -2.96. The zero-order chi connectivity index (χ0) is 36.5. The van der Waals surface area contributed by atoms with Crippen molar-refractivity contribution in [1.82, 2.24) is 15.1 Å². The maximum absolute atomic E-state index is 13.5. The van der Waals surface area contributed by atoms with Crippen molar-refractivity contribution in [2.45, 2.75) is 57.7 Å². The van der Waals surface area contributed by atoms with Crippen LogP contribution in [-0.4, -0.2) is 84.7 Å². The molecule has 1 aliphatic heterocycles. The molecule has 3 aromatic carbocycles. The molecule has 1 saturated heterocycles. The molecule has 0 aromatic heterocycles. The van der Waals surface area contributed by atoms with Crippen LogP contribution in [0.4, 0.5) is 13.2 Å². The first-order valence-electron chi connectivity index (χ1n) is 16.4. The van der Waals surface area contributed by atoms with Crippen LogP contribution < -0.4 is 5.32 Å². The number of carbonyl (C=O) groups excluding carboxylic acids is 3. The van der Waals surface area contributed by atoms with Gasteiger partial charge in [-0.2, -0.15) is 13.2 Å². The van der Waals surface area contributed by atoms with E-state index in [-0.39, 0.29) is 17.8 Å². The van der Waals surface area contributed by atoms with Crippen LogP contribution in [0.2, 0.25) is 0 Å². The standard InChI is InChI=1S/C35H42BrN3O4.C2HF3O2/c1-43-34(41)16-3-2-4-20-39(33(40)24-27-10-8-15-32(36)23-27)26-28-11-7-12-29(22-28)30-13-9-14-31(25-30)35(42)37-17-21-38-18-5-6-19-38;3-2(4,5)1(6)7/h7-15,22-23,25H,2-6,16-21,24,26H2,1H3,(H,37,42);(H,6,7). The number of rotatable bonds is 15. The topological polar surface area (TPSA) is 116 Å². The number of ether oxygens (including phenoxy) is 1. The molecule has 3 aromatic rings. The first-order valence-corrected chi connectivity index (χ1v) is 17.2. The molecule has 0 aliphatic carbocycles. The fourth-order valence-corrected chi connectivity index (χ4v) is 5.87. The summed E-state index contributed by atoms with van der Waals surface area (Å²) in [6.45, 7) is 4.84. The van der Waals surface area contributed by atoms with E-state index in [0.29, 0.717) is 38.0 Å². The number of methoxy groups -OCH3 is 1. The van der Waals surface area contributed by atoms with Gasteiger partial charge in [0.25, 0.3) is 5.91 Å². The van der Waals surface area contributed by atoms with Gasteiger partial charge in [-0.25, -0.2) is 4.79 Å². The maximum Gasteiger partial charge on any atom is 0.490 e. The number of halogens is 4. The van der Waals surface area contributed by atoms with Crippen molar-refractivity contribution in [3.05, 3.63) is 94.0 Å². The zero-order valence-electron chi connectivity index (χ0n) is 28.0. The second-order valence-corrected chi connectivity index (χ2v) is 12.8. The molecule has 1 fully saturated rings. The van der Waals surface area contributed by atoms with Crippen LogP contribution in [0.3, 0.4) is 0 Å². The first-order chi connectivity index (χ1) is 23.8. The van der Waals surface area contributed by atoms with Crippen LogP contribution in [-0.2, 0) is 32.1 Å². The van der Waals surface area contributed by atoms with Gasteiger partial charge >= 0.3 is 18.1 Å². The third-order valence-electron chi connectivity index (χ3n) is 8.05. The summed E-state index contributed by atoms with van der Waals surface area (Å²) in [5, 5.41) is 10.2. The van der Waals surface area contributed by atoms with E-state index in [2.05, 4.69) is 32.2 Å². The average molecular weight is 763 g/mol. The molecule has 0 atom stereocenters. The highest BCUT2D eigenvalue weighted by Crippen LogP contribution is 2.23. The molecule has 4 rings (SSSR count). The largest absolute Gasteiger partial charge is 0.490 e. The monoisotopic (exact) mass is 761 g/mol.